The fourth-order valence-corrected chi connectivity index (χ4v) is 3.15. The molecule has 5 nitrogen and oxygen atoms in total. The Morgan fingerprint density at radius 3 is 2.85 bits per heavy atom. The molecule has 0 saturated carbocycles. The van der Waals surface area contributed by atoms with Gasteiger partial charge in [-0.2, -0.15) is 5.10 Å². The number of aromatic nitrogens is 2. The van der Waals surface area contributed by atoms with E-state index in [0.29, 0.717) is 12.0 Å². The molecule has 112 valence electrons. The molecule has 20 heavy (non-hydrogen) atoms. The molecule has 0 aliphatic carbocycles. The van der Waals surface area contributed by atoms with Crippen molar-refractivity contribution in [1.82, 2.24) is 20.0 Å². The zero-order chi connectivity index (χ0) is 14.7. The first-order valence-corrected chi connectivity index (χ1v) is 7.59. The summed E-state index contributed by atoms with van der Waals surface area (Å²) in [6, 6.07) is 0.531. The van der Waals surface area contributed by atoms with E-state index >= 15 is 0 Å². The van der Waals surface area contributed by atoms with Crippen LogP contribution in [0.3, 0.4) is 0 Å². The number of hydrogen-bond acceptors (Lipinski definition) is 3. The van der Waals surface area contributed by atoms with Crippen molar-refractivity contribution in [2.75, 3.05) is 20.1 Å². The van der Waals surface area contributed by atoms with Gasteiger partial charge in [0.15, 0.2) is 0 Å². The number of piperidine rings is 1. The normalized spacial score (nSPS) is 23.1. The summed E-state index contributed by atoms with van der Waals surface area (Å²) in [4.78, 5) is 14.7. The van der Waals surface area contributed by atoms with Gasteiger partial charge in [-0.25, -0.2) is 0 Å². The number of amides is 1. The van der Waals surface area contributed by atoms with Gasteiger partial charge in [0, 0.05) is 32.4 Å². The topological polar surface area (TPSA) is 50.2 Å². The van der Waals surface area contributed by atoms with E-state index in [-0.39, 0.29) is 5.91 Å². The number of likely N-dealkylation sites (tertiary alicyclic amines) is 1. The van der Waals surface area contributed by atoms with Gasteiger partial charge in [0.1, 0.15) is 0 Å². The van der Waals surface area contributed by atoms with Gasteiger partial charge >= 0.3 is 0 Å². The Hall–Kier alpha value is -1.36. The molecule has 0 spiro atoms. The van der Waals surface area contributed by atoms with Crippen LogP contribution >= 0.6 is 0 Å². The molecule has 2 unspecified atom stereocenters. The molecular formula is C15H26N4O. The number of carbonyl (C=O) groups is 1. The summed E-state index contributed by atoms with van der Waals surface area (Å²) in [5.74, 6) is 0.683. The van der Waals surface area contributed by atoms with Crippen molar-refractivity contribution < 1.29 is 4.79 Å². The van der Waals surface area contributed by atoms with Gasteiger partial charge in [-0.1, -0.05) is 20.3 Å². The van der Waals surface area contributed by atoms with E-state index in [1.165, 1.54) is 0 Å². The van der Waals surface area contributed by atoms with Crippen LogP contribution in [0.1, 0.15) is 42.7 Å². The molecule has 1 aromatic rings. The molecule has 1 aliphatic rings. The molecule has 2 atom stereocenters. The zero-order valence-corrected chi connectivity index (χ0v) is 13.0. The molecule has 1 saturated heterocycles. The molecule has 1 N–H and O–H groups in total. The lowest BCUT2D eigenvalue weighted by Crippen LogP contribution is -2.50. The minimum absolute atomic E-state index is 0.142. The van der Waals surface area contributed by atoms with Crippen LogP contribution in [0.25, 0.3) is 0 Å². The number of carbonyl (C=O) groups excluding carboxylic acids is 1. The van der Waals surface area contributed by atoms with Gasteiger partial charge in [0.05, 0.1) is 11.3 Å². The number of hydrogen-bond donors (Lipinski definition) is 1. The molecule has 1 aliphatic heterocycles. The van der Waals surface area contributed by atoms with Gasteiger partial charge in [0.25, 0.3) is 5.91 Å². The van der Waals surface area contributed by atoms with Crippen LogP contribution in [-0.2, 0) is 13.5 Å². The summed E-state index contributed by atoms with van der Waals surface area (Å²) in [6.07, 6.45) is 4.78. The maximum absolute atomic E-state index is 12.7. The van der Waals surface area contributed by atoms with Crippen LogP contribution in [0, 0.1) is 5.92 Å². The molecule has 0 bridgehead atoms. The fraction of sp³-hybridized carbons (Fsp3) is 0.733. The fourth-order valence-electron chi connectivity index (χ4n) is 3.15. The van der Waals surface area contributed by atoms with Crippen LogP contribution in [-0.4, -0.2) is 46.8 Å². The minimum atomic E-state index is 0.142. The second-order valence-corrected chi connectivity index (χ2v) is 5.62. The van der Waals surface area contributed by atoms with Gasteiger partial charge in [-0.15, -0.1) is 0 Å². The first kappa shape index (κ1) is 15.0. The van der Waals surface area contributed by atoms with Crippen LogP contribution < -0.4 is 5.32 Å². The van der Waals surface area contributed by atoms with Crippen LogP contribution in [0.2, 0.25) is 0 Å². The Morgan fingerprint density at radius 1 is 1.50 bits per heavy atom. The predicted molar refractivity (Wildman–Crippen MR) is 79.7 cm³/mol. The number of nitrogens with zero attached hydrogens (tertiary/aromatic N) is 3. The maximum atomic E-state index is 12.7. The lowest BCUT2D eigenvalue weighted by molar-refractivity contribution is 0.0630. The summed E-state index contributed by atoms with van der Waals surface area (Å²) < 4.78 is 1.74. The first-order chi connectivity index (χ1) is 9.60. The van der Waals surface area contributed by atoms with E-state index in [4.69, 9.17) is 0 Å². The monoisotopic (exact) mass is 278 g/mol. The zero-order valence-electron chi connectivity index (χ0n) is 13.0. The Morgan fingerprint density at radius 2 is 2.25 bits per heavy atom. The quantitative estimate of drug-likeness (QED) is 0.907. The molecule has 5 heteroatoms. The summed E-state index contributed by atoms with van der Waals surface area (Å²) in [5, 5.41) is 7.75. The Kier molecular flexibility index (Phi) is 4.81. The predicted octanol–water partition coefficient (Wildman–Crippen LogP) is 1.44. The molecule has 2 rings (SSSR count). The highest BCUT2D eigenvalue weighted by molar-refractivity contribution is 5.95. The molecule has 2 heterocycles. The molecule has 0 aromatic carbocycles. The third kappa shape index (κ3) is 2.87. The van der Waals surface area contributed by atoms with Crippen molar-refractivity contribution in [3.63, 3.8) is 0 Å². The lowest BCUT2D eigenvalue weighted by Gasteiger charge is -2.38. The van der Waals surface area contributed by atoms with E-state index < -0.39 is 0 Å². The second kappa shape index (κ2) is 6.39. The number of nitrogens with one attached hydrogen (secondary N) is 1. The lowest BCUT2D eigenvalue weighted by atomic mass is 9.89. The van der Waals surface area contributed by atoms with E-state index in [9.17, 15) is 4.79 Å². The van der Waals surface area contributed by atoms with Gasteiger partial charge in [0.2, 0.25) is 0 Å². The molecule has 1 amide bonds. The van der Waals surface area contributed by atoms with Crippen molar-refractivity contribution in [2.24, 2.45) is 13.0 Å². The summed E-state index contributed by atoms with van der Waals surface area (Å²) >= 11 is 0. The SMILES string of the molecule is CCc1nn(C)cc1C(=O)N1CCC(NC)C(CC)C1. The second-order valence-electron chi connectivity index (χ2n) is 5.62. The average molecular weight is 278 g/mol. The van der Waals surface area contributed by atoms with Gasteiger partial charge < -0.3 is 10.2 Å². The maximum Gasteiger partial charge on any atom is 0.257 e. The highest BCUT2D eigenvalue weighted by Gasteiger charge is 2.31. The van der Waals surface area contributed by atoms with E-state index in [2.05, 4.69) is 17.3 Å². The highest BCUT2D eigenvalue weighted by atomic mass is 16.2. The molecule has 0 radical (unpaired) electrons. The van der Waals surface area contributed by atoms with Crippen LogP contribution in [0.5, 0.6) is 0 Å². The first-order valence-electron chi connectivity index (χ1n) is 7.59. The number of rotatable bonds is 4. The third-order valence-corrected chi connectivity index (χ3v) is 4.39. The molecular weight excluding hydrogens is 252 g/mol. The smallest absolute Gasteiger partial charge is 0.257 e. The van der Waals surface area contributed by atoms with E-state index in [1.807, 2.05) is 32.1 Å². The largest absolute Gasteiger partial charge is 0.338 e. The number of aryl methyl sites for hydroxylation is 2. The molecule has 1 fully saturated rings. The van der Waals surface area contributed by atoms with E-state index in [1.54, 1.807) is 4.68 Å². The Bertz CT molecular complexity index is 468. The summed E-state index contributed by atoms with van der Waals surface area (Å²) in [7, 11) is 3.89. The average Bonchev–Trinajstić information content (AvgIpc) is 2.86. The van der Waals surface area contributed by atoms with Crippen molar-refractivity contribution in [1.29, 1.82) is 0 Å². The third-order valence-electron chi connectivity index (χ3n) is 4.39. The van der Waals surface area contributed by atoms with Crippen molar-refractivity contribution in [3.8, 4) is 0 Å². The van der Waals surface area contributed by atoms with Crippen LogP contribution in [0.4, 0.5) is 0 Å². The van der Waals surface area contributed by atoms with Crippen LogP contribution in [0.15, 0.2) is 6.20 Å². The van der Waals surface area contributed by atoms with Gasteiger partial charge in [-0.05, 0) is 25.8 Å². The van der Waals surface area contributed by atoms with Gasteiger partial charge in [-0.3, -0.25) is 9.48 Å². The van der Waals surface area contributed by atoms with Crippen molar-refractivity contribution >= 4 is 5.91 Å². The summed E-state index contributed by atoms with van der Waals surface area (Å²) in [5.41, 5.74) is 1.68. The standard InChI is InChI=1S/C15H26N4O/c1-5-11-9-19(8-7-14(11)16-3)15(20)12-10-18(4)17-13(12)6-2/h10-11,14,16H,5-9H2,1-4H3. The van der Waals surface area contributed by atoms with Crippen molar-refractivity contribution in [2.45, 2.75) is 39.2 Å². The van der Waals surface area contributed by atoms with E-state index in [0.717, 1.165) is 43.6 Å². The van der Waals surface area contributed by atoms with Crippen molar-refractivity contribution in [3.05, 3.63) is 17.5 Å². The Labute approximate surface area is 121 Å². The minimum Gasteiger partial charge on any atom is -0.338 e. The Balaban J connectivity index is 2.13. The summed E-state index contributed by atoms with van der Waals surface area (Å²) in [6.45, 7) is 5.92. The molecule has 1 aromatic heterocycles. The highest BCUT2D eigenvalue weighted by Crippen LogP contribution is 2.22.